The molecule has 0 aliphatic rings. The standard InChI is InChI=1S/C56H104O6/c1-4-7-10-13-16-19-22-25-27-28-30-32-35-38-41-44-47-50-56(59)62-53(51-60-54(57)48-45-42-39-36-33-24-21-18-15-12-9-6-3)52-61-55(58)49-46-43-40-37-34-31-29-26-23-20-17-14-11-8-5-2/h16,19,25,27,53H,4-15,17-18,20-24,26,28-52H2,1-3H3/b19-16-,27-25-/t53-/m0/s1. The molecule has 0 aromatic heterocycles. The molecule has 0 aromatic rings. The summed E-state index contributed by atoms with van der Waals surface area (Å²) in [5.41, 5.74) is 0. The van der Waals surface area contributed by atoms with Crippen molar-refractivity contribution in [2.75, 3.05) is 13.2 Å². The van der Waals surface area contributed by atoms with Gasteiger partial charge in [-0.25, -0.2) is 0 Å². The maximum absolute atomic E-state index is 12.8. The molecule has 0 aliphatic carbocycles. The topological polar surface area (TPSA) is 78.9 Å². The van der Waals surface area contributed by atoms with Gasteiger partial charge in [0, 0.05) is 19.3 Å². The summed E-state index contributed by atoms with van der Waals surface area (Å²) in [6, 6.07) is 0. The Labute approximate surface area is 385 Å². The van der Waals surface area contributed by atoms with E-state index in [0.29, 0.717) is 19.3 Å². The molecular weight excluding hydrogens is 769 g/mol. The molecule has 0 aromatic carbocycles. The fraction of sp³-hybridized carbons (Fsp3) is 0.875. The van der Waals surface area contributed by atoms with Crippen molar-refractivity contribution in [3.63, 3.8) is 0 Å². The largest absolute Gasteiger partial charge is 0.462 e. The molecule has 0 fully saturated rings. The Morgan fingerprint density at radius 2 is 0.581 bits per heavy atom. The highest BCUT2D eigenvalue weighted by atomic mass is 16.6. The molecule has 0 heterocycles. The highest BCUT2D eigenvalue weighted by Crippen LogP contribution is 2.16. The van der Waals surface area contributed by atoms with Crippen LogP contribution in [0.1, 0.15) is 297 Å². The van der Waals surface area contributed by atoms with Gasteiger partial charge in [-0.2, -0.15) is 0 Å². The summed E-state index contributed by atoms with van der Waals surface area (Å²) < 4.78 is 16.8. The molecule has 0 N–H and O–H groups in total. The van der Waals surface area contributed by atoms with Crippen LogP contribution in [0, 0.1) is 0 Å². The number of ether oxygens (including phenoxy) is 3. The van der Waals surface area contributed by atoms with Gasteiger partial charge in [-0.1, -0.05) is 251 Å². The van der Waals surface area contributed by atoms with Gasteiger partial charge in [0.2, 0.25) is 0 Å². The maximum Gasteiger partial charge on any atom is 0.306 e. The van der Waals surface area contributed by atoms with Crippen LogP contribution in [0.25, 0.3) is 0 Å². The van der Waals surface area contributed by atoms with E-state index in [2.05, 4.69) is 45.1 Å². The van der Waals surface area contributed by atoms with Crippen molar-refractivity contribution in [3.8, 4) is 0 Å². The molecule has 0 saturated heterocycles. The lowest BCUT2D eigenvalue weighted by atomic mass is 10.0. The van der Waals surface area contributed by atoms with Crippen molar-refractivity contribution in [1.82, 2.24) is 0 Å². The fourth-order valence-corrected chi connectivity index (χ4v) is 8.06. The van der Waals surface area contributed by atoms with Gasteiger partial charge in [-0.15, -0.1) is 0 Å². The summed E-state index contributed by atoms with van der Waals surface area (Å²) >= 11 is 0. The summed E-state index contributed by atoms with van der Waals surface area (Å²) in [5.74, 6) is -0.860. The Bertz CT molecular complexity index is 1000. The first-order chi connectivity index (χ1) is 30.5. The van der Waals surface area contributed by atoms with E-state index in [1.54, 1.807) is 0 Å². The molecule has 1 atom stereocenters. The van der Waals surface area contributed by atoms with Crippen LogP contribution in [-0.4, -0.2) is 37.2 Å². The van der Waals surface area contributed by atoms with Crippen molar-refractivity contribution < 1.29 is 28.6 Å². The number of allylic oxidation sites excluding steroid dienone is 4. The van der Waals surface area contributed by atoms with Crippen LogP contribution in [0.2, 0.25) is 0 Å². The first-order valence-corrected chi connectivity index (χ1v) is 27.3. The van der Waals surface area contributed by atoms with Gasteiger partial charge in [0.05, 0.1) is 0 Å². The minimum atomic E-state index is -0.769. The summed E-state index contributed by atoms with van der Waals surface area (Å²) in [7, 11) is 0. The van der Waals surface area contributed by atoms with E-state index in [-0.39, 0.29) is 31.1 Å². The molecule has 62 heavy (non-hydrogen) atoms. The SMILES string of the molecule is CCCCC/C=C\C/C=C\CCCCCCCCCC(=O)O[C@@H](COC(=O)CCCCCCCCCCCCCC)COC(=O)CCCCCCCCCCCCCCCCC. The quantitative estimate of drug-likeness (QED) is 0.0262. The van der Waals surface area contributed by atoms with Crippen LogP contribution in [0.5, 0.6) is 0 Å². The van der Waals surface area contributed by atoms with Gasteiger partial charge in [-0.3, -0.25) is 14.4 Å². The zero-order chi connectivity index (χ0) is 45.1. The molecule has 0 rings (SSSR count). The van der Waals surface area contributed by atoms with Crippen LogP contribution in [0.15, 0.2) is 24.3 Å². The lowest BCUT2D eigenvalue weighted by Crippen LogP contribution is -2.30. The van der Waals surface area contributed by atoms with Crippen LogP contribution in [-0.2, 0) is 28.6 Å². The number of carbonyl (C=O) groups excluding carboxylic acids is 3. The van der Waals surface area contributed by atoms with Gasteiger partial charge in [-0.05, 0) is 51.4 Å². The third-order valence-corrected chi connectivity index (χ3v) is 12.2. The average Bonchev–Trinajstić information content (AvgIpc) is 3.27. The van der Waals surface area contributed by atoms with Crippen LogP contribution in [0.3, 0.4) is 0 Å². The lowest BCUT2D eigenvalue weighted by Gasteiger charge is -2.18. The Hall–Kier alpha value is -2.11. The van der Waals surface area contributed by atoms with Crippen LogP contribution < -0.4 is 0 Å². The summed E-state index contributed by atoms with van der Waals surface area (Å²) in [5, 5.41) is 0. The van der Waals surface area contributed by atoms with E-state index in [0.717, 1.165) is 70.6 Å². The predicted molar refractivity (Wildman–Crippen MR) is 266 cm³/mol. The Morgan fingerprint density at radius 3 is 0.919 bits per heavy atom. The smallest absolute Gasteiger partial charge is 0.306 e. The van der Waals surface area contributed by atoms with Crippen molar-refractivity contribution in [2.24, 2.45) is 0 Å². The molecular formula is C56H104O6. The summed E-state index contributed by atoms with van der Waals surface area (Å²) in [6.07, 6.45) is 58.7. The van der Waals surface area contributed by atoms with Gasteiger partial charge in [0.25, 0.3) is 0 Å². The molecule has 0 spiro atoms. The number of hydrogen-bond acceptors (Lipinski definition) is 6. The van der Waals surface area contributed by atoms with E-state index >= 15 is 0 Å². The number of rotatable bonds is 50. The van der Waals surface area contributed by atoms with Gasteiger partial charge < -0.3 is 14.2 Å². The second kappa shape index (κ2) is 51.5. The average molecular weight is 873 g/mol. The van der Waals surface area contributed by atoms with Gasteiger partial charge in [0.15, 0.2) is 6.10 Å². The fourth-order valence-electron chi connectivity index (χ4n) is 8.06. The minimum absolute atomic E-state index is 0.0693. The zero-order valence-corrected chi connectivity index (χ0v) is 41.7. The Balaban J connectivity index is 4.34. The third kappa shape index (κ3) is 48.9. The highest BCUT2D eigenvalue weighted by Gasteiger charge is 2.19. The molecule has 0 bridgehead atoms. The maximum atomic E-state index is 12.8. The van der Waals surface area contributed by atoms with Crippen molar-refractivity contribution >= 4 is 17.9 Å². The van der Waals surface area contributed by atoms with E-state index in [1.807, 2.05) is 0 Å². The highest BCUT2D eigenvalue weighted by molar-refractivity contribution is 5.71. The number of carbonyl (C=O) groups is 3. The molecule has 6 heteroatoms. The van der Waals surface area contributed by atoms with Crippen molar-refractivity contribution in [3.05, 3.63) is 24.3 Å². The van der Waals surface area contributed by atoms with Gasteiger partial charge in [0.1, 0.15) is 13.2 Å². The van der Waals surface area contributed by atoms with Crippen LogP contribution >= 0.6 is 0 Å². The molecule has 0 amide bonds. The third-order valence-electron chi connectivity index (χ3n) is 12.2. The molecule has 6 nitrogen and oxygen atoms in total. The molecule has 0 saturated carbocycles. The normalized spacial score (nSPS) is 12.1. The Kier molecular flexibility index (Phi) is 49.8. The summed E-state index contributed by atoms with van der Waals surface area (Å²) in [6.45, 7) is 6.64. The van der Waals surface area contributed by atoms with Crippen molar-refractivity contribution in [1.29, 1.82) is 0 Å². The van der Waals surface area contributed by atoms with Crippen molar-refractivity contribution in [2.45, 2.75) is 303 Å². The molecule has 0 unspecified atom stereocenters. The molecule has 0 aliphatic heterocycles. The first-order valence-electron chi connectivity index (χ1n) is 27.3. The second-order valence-corrected chi connectivity index (χ2v) is 18.5. The zero-order valence-electron chi connectivity index (χ0n) is 41.7. The van der Waals surface area contributed by atoms with Crippen LogP contribution in [0.4, 0.5) is 0 Å². The molecule has 0 radical (unpaired) electrons. The monoisotopic (exact) mass is 873 g/mol. The number of hydrogen-bond donors (Lipinski definition) is 0. The second-order valence-electron chi connectivity index (χ2n) is 18.5. The minimum Gasteiger partial charge on any atom is -0.462 e. The van der Waals surface area contributed by atoms with Gasteiger partial charge >= 0.3 is 17.9 Å². The van der Waals surface area contributed by atoms with E-state index in [1.165, 1.54) is 186 Å². The Morgan fingerprint density at radius 1 is 0.323 bits per heavy atom. The number of esters is 3. The summed E-state index contributed by atoms with van der Waals surface area (Å²) in [4.78, 5) is 38.0. The van der Waals surface area contributed by atoms with E-state index in [9.17, 15) is 14.4 Å². The predicted octanol–water partition coefficient (Wildman–Crippen LogP) is 17.9. The lowest BCUT2D eigenvalue weighted by molar-refractivity contribution is -0.167. The van der Waals surface area contributed by atoms with E-state index in [4.69, 9.17) is 14.2 Å². The molecule has 364 valence electrons. The first kappa shape index (κ1) is 59.9. The van der Waals surface area contributed by atoms with E-state index < -0.39 is 6.10 Å². The number of unbranched alkanes of at least 4 members (excludes halogenated alkanes) is 35.